The lowest BCUT2D eigenvalue weighted by Crippen LogP contribution is -2.44. The number of halogens is 3. The zero-order valence-electron chi connectivity index (χ0n) is 20.0. The molecule has 2 amide bonds. The number of rotatable bonds is 9. The molecule has 0 aromatic heterocycles. The molecule has 3 atom stereocenters. The SMILES string of the molecule is CN1Cc2c(Cl)cc(Cl)cc2C(c2cc(C(=O)N[C@@H](CO)C(=O)O)cc(C(=O)N[C@@H](CO)C(=O)O)c2)C1.Cl. The Bertz CT molecular complexity index is 1190. The van der Waals surface area contributed by atoms with Crippen LogP contribution in [0.2, 0.25) is 10.0 Å². The molecule has 0 spiro atoms. The van der Waals surface area contributed by atoms with Crippen molar-refractivity contribution in [2.45, 2.75) is 24.5 Å². The number of carboxylic acid groups (broad SMARTS) is 2. The number of hydrogen-bond donors (Lipinski definition) is 6. The number of nitrogens with one attached hydrogen (secondary N) is 2. The van der Waals surface area contributed by atoms with Gasteiger partial charge in [0.1, 0.15) is 0 Å². The molecule has 14 heteroatoms. The normalized spacial score (nSPS) is 16.4. The molecule has 2 aromatic carbocycles. The number of nitrogens with zero attached hydrogens (tertiary/aromatic N) is 1. The Morgan fingerprint density at radius 3 is 1.87 bits per heavy atom. The number of benzene rings is 2. The summed E-state index contributed by atoms with van der Waals surface area (Å²) in [4.78, 5) is 50.4. The largest absolute Gasteiger partial charge is 0.480 e. The quantitative estimate of drug-likeness (QED) is 0.252. The van der Waals surface area contributed by atoms with Gasteiger partial charge in [-0.2, -0.15) is 0 Å². The summed E-state index contributed by atoms with van der Waals surface area (Å²) in [7, 11) is 1.86. The standard InChI is InChI=1S/C24H25Cl2N3O8.ClH/c1-29-7-16(15-5-14(25)6-18(26)17(15)8-29)11-2-12(21(32)27-19(9-30)23(34)35)4-13(3-11)22(33)28-20(10-31)24(36)37;/h2-6,16,19-20,30-31H,7-10H2,1H3,(H,27,32)(H,28,33)(H,34,35)(H,36,37);1H/t16?,19-,20-;/m0./s1. The number of aliphatic carboxylic acids is 2. The van der Waals surface area contributed by atoms with Gasteiger partial charge in [0.15, 0.2) is 12.1 Å². The first kappa shape index (κ1) is 31.3. The van der Waals surface area contributed by atoms with Gasteiger partial charge in [-0.3, -0.25) is 9.59 Å². The lowest BCUT2D eigenvalue weighted by molar-refractivity contribution is -0.141. The molecule has 1 aliphatic rings. The molecule has 38 heavy (non-hydrogen) atoms. The third-order valence-electron chi connectivity index (χ3n) is 5.95. The summed E-state index contributed by atoms with van der Waals surface area (Å²) < 4.78 is 0. The second-order valence-electron chi connectivity index (χ2n) is 8.64. The van der Waals surface area contributed by atoms with E-state index in [9.17, 15) is 39.6 Å². The van der Waals surface area contributed by atoms with Crippen molar-refractivity contribution in [1.29, 1.82) is 0 Å². The van der Waals surface area contributed by atoms with E-state index in [2.05, 4.69) is 10.6 Å². The average molecular weight is 591 g/mol. The van der Waals surface area contributed by atoms with Crippen molar-refractivity contribution in [2.75, 3.05) is 26.8 Å². The van der Waals surface area contributed by atoms with Crippen molar-refractivity contribution < 1.29 is 39.6 Å². The molecule has 206 valence electrons. The number of fused-ring (bicyclic) bond motifs is 1. The topological polar surface area (TPSA) is 176 Å². The van der Waals surface area contributed by atoms with E-state index in [1.165, 1.54) is 18.2 Å². The van der Waals surface area contributed by atoms with E-state index in [0.717, 1.165) is 11.1 Å². The van der Waals surface area contributed by atoms with E-state index in [-0.39, 0.29) is 23.5 Å². The number of likely N-dealkylation sites (N-methyl/N-ethyl adjacent to an activating group) is 1. The predicted molar refractivity (Wildman–Crippen MR) is 140 cm³/mol. The molecule has 1 unspecified atom stereocenters. The van der Waals surface area contributed by atoms with Crippen LogP contribution in [0.1, 0.15) is 43.3 Å². The Morgan fingerprint density at radius 2 is 1.42 bits per heavy atom. The van der Waals surface area contributed by atoms with Gasteiger partial charge in [0.2, 0.25) is 0 Å². The zero-order valence-corrected chi connectivity index (χ0v) is 22.3. The van der Waals surface area contributed by atoms with Crippen molar-refractivity contribution in [3.05, 3.63) is 68.2 Å². The summed E-state index contributed by atoms with van der Waals surface area (Å²) in [6.07, 6.45) is 0. The van der Waals surface area contributed by atoms with Crippen LogP contribution < -0.4 is 10.6 Å². The van der Waals surface area contributed by atoms with Crippen LogP contribution in [-0.4, -0.2) is 88.0 Å². The van der Waals surface area contributed by atoms with E-state index < -0.39 is 55.0 Å². The van der Waals surface area contributed by atoms with E-state index in [1.807, 2.05) is 11.9 Å². The fourth-order valence-electron chi connectivity index (χ4n) is 4.10. The smallest absolute Gasteiger partial charge is 0.328 e. The summed E-state index contributed by atoms with van der Waals surface area (Å²) in [5, 5.41) is 42.2. The van der Waals surface area contributed by atoms with Crippen LogP contribution >= 0.6 is 35.6 Å². The molecule has 6 N–H and O–H groups in total. The molecule has 2 aromatic rings. The summed E-state index contributed by atoms with van der Waals surface area (Å²) in [6.45, 7) is -0.729. The lowest BCUT2D eigenvalue weighted by Gasteiger charge is -2.33. The van der Waals surface area contributed by atoms with Gasteiger partial charge in [-0.15, -0.1) is 12.4 Å². The fourth-order valence-corrected chi connectivity index (χ4v) is 4.67. The first-order chi connectivity index (χ1) is 17.4. The summed E-state index contributed by atoms with van der Waals surface area (Å²) in [5.74, 6) is -5.07. The molecular formula is C24H26Cl3N3O8. The molecule has 0 bridgehead atoms. The number of carbonyl (C=O) groups excluding carboxylic acids is 2. The van der Waals surface area contributed by atoms with Crippen LogP contribution in [0, 0.1) is 0 Å². The Kier molecular flexibility index (Phi) is 10.9. The van der Waals surface area contributed by atoms with Crippen LogP contribution in [0.25, 0.3) is 0 Å². The van der Waals surface area contributed by atoms with Crippen LogP contribution in [-0.2, 0) is 16.1 Å². The summed E-state index contributed by atoms with van der Waals surface area (Å²) in [5.41, 5.74) is 1.87. The monoisotopic (exact) mass is 589 g/mol. The highest BCUT2D eigenvalue weighted by atomic mass is 35.5. The van der Waals surface area contributed by atoms with Crippen LogP contribution in [0.15, 0.2) is 30.3 Å². The van der Waals surface area contributed by atoms with Crippen LogP contribution in [0.5, 0.6) is 0 Å². The highest BCUT2D eigenvalue weighted by molar-refractivity contribution is 6.35. The van der Waals surface area contributed by atoms with E-state index >= 15 is 0 Å². The number of hydrogen-bond acceptors (Lipinski definition) is 7. The number of amides is 2. The highest BCUT2D eigenvalue weighted by Crippen LogP contribution is 2.39. The van der Waals surface area contributed by atoms with Crippen molar-refractivity contribution in [2.24, 2.45) is 0 Å². The molecule has 0 fully saturated rings. The second-order valence-corrected chi connectivity index (χ2v) is 9.49. The molecule has 3 rings (SSSR count). The highest BCUT2D eigenvalue weighted by Gasteiger charge is 2.30. The third-order valence-corrected chi connectivity index (χ3v) is 6.50. The maximum absolute atomic E-state index is 12.9. The minimum absolute atomic E-state index is 0. The molecule has 1 aliphatic heterocycles. The van der Waals surface area contributed by atoms with Crippen molar-refractivity contribution in [1.82, 2.24) is 15.5 Å². The third kappa shape index (κ3) is 7.13. The maximum Gasteiger partial charge on any atom is 0.328 e. The number of carboxylic acids is 2. The Labute approximate surface area is 233 Å². The minimum atomic E-state index is -1.58. The van der Waals surface area contributed by atoms with E-state index in [1.54, 1.807) is 12.1 Å². The molecule has 0 radical (unpaired) electrons. The van der Waals surface area contributed by atoms with Gasteiger partial charge >= 0.3 is 11.9 Å². The van der Waals surface area contributed by atoms with E-state index in [4.69, 9.17) is 23.2 Å². The van der Waals surface area contributed by atoms with E-state index in [0.29, 0.717) is 28.7 Å². The number of carbonyl (C=O) groups is 4. The summed E-state index contributed by atoms with van der Waals surface area (Å²) in [6, 6.07) is 4.31. The average Bonchev–Trinajstić information content (AvgIpc) is 2.84. The van der Waals surface area contributed by atoms with Crippen molar-refractivity contribution >= 4 is 59.4 Å². The minimum Gasteiger partial charge on any atom is -0.480 e. The Morgan fingerprint density at radius 1 is 0.921 bits per heavy atom. The fraction of sp³-hybridized carbons (Fsp3) is 0.333. The van der Waals surface area contributed by atoms with Gasteiger partial charge in [0.25, 0.3) is 11.8 Å². The van der Waals surface area contributed by atoms with Crippen molar-refractivity contribution in [3.63, 3.8) is 0 Å². The second kappa shape index (κ2) is 13.2. The Balaban J connectivity index is 0.00000507. The van der Waals surface area contributed by atoms with Gasteiger partial charge in [0.05, 0.1) is 13.2 Å². The van der Waals surface area contributed by atoms with Crippen LogP contribution in [0.4, 0.5) is 0 Å². The number of aliphatic hydroxyl groups excluding tert-OH is 2. The first-order valence-electron chi connectivity index (χ1n) is 11.1. The molecule has 11 nitrogen and oxygen atoms in total. The van der Waals surface area contributed by atoms with Crippen LogP contribution in [0.3, 0.4) is 0 Å². The molecular weight excluding hydrogens is 565 g/mol. The summed E-state index contributed by atoms with van der Waals surface area (Å²) >= 11 is 12.7. The first-order valence-corrected chi connectivity index (χ1v) is 11.8. The predicted octanol–water partition coefficient (Wildman–Crippen LogP) is 1.34. The zero-order chi connectivity index (χ0) is 27.4. The molecule has 0 saturated carbocycles. The van der Waals surface area contributed by atoms with Gasteiger partial charge in [0, 0.05) is 40.2 Å². The molecule has 0 saturated heterocycles. The number of aliphatic hydroxyl groups is 2. The molecule has 0 aliphatic carbocycles. The Hall–Kier alpha value is -2.93. The van der Waals surface area contributed by atoms with Gasteiger partial charge in [-0.25, -0.2) is 9.59 Å². The van der Waals surface area contributed by atoms with Gasteiger partial charge in [-0.1, -0.05) is 23.2 Å². The van der Waals surface area contributed by atoms with Gasteiger partial charge in [-0.05, 0) is 54.1 Å². The maximum atomic E-state index is 12.9. The van der Waals surface area contributed by atoms with Crippen molar-refractivity contribution in [3.8, 4) is 0 Å². The van der Waals surface area contributed by atoms with Gasteiger partial charge < -0.3 is 36.0 Å². The lowest BCUT2D eigenvalue weighted by atomic mass is 9.83. The molecule has 1 heterocycles.